The van der Waals surface area contributed by atoms with Crippen LogP contribution in [-0.2, 0) is 4.79 Å². The molecule has 1 fully saturated rings. The monoisotopic (exact) mass is 351 g/mol. The highest BCUT2D eigenvalue weighted by atomic mass is 19.1. The number of amides is 1. The third kappa shape index (κ3) is 3.70. The van der Waals surface area contributed by atoms with Gasteiger partial charge in [-0.05, 0) is 62.6 Å². The SMILES string of the molecule is Cc1cc(C=C(C#N)C(=O)NC2CCCC2)c(C)n1-c1cccc(F)c1. The van der Waals surface area contributed by atoms with Gasteiger partial charge in [-0.1, -0.05) is 18.9 Å². The molecule has 1 N–H and O–H groups in total. The minimum Gasteiger partial charge on any atom is -0.349 e. The highest BCUT2D eigenvalue weighted by molar-refractivity contribution is 6.02. The van der Waals surface area contributed by atoms with E-state index in [0.717, 1.165) is 42.6 Å². The van der Waals surface area contributed by atoms with Crippen molar-refractivity contribution in [3.8, 4) is 11.8 Å². The van der Waals surface area contributed by atoms with Gasteiger partial charge in [0.1, 0.15) is 17.5 Å². The van der Waals surface area contributed by atoms with Crippen molar-refractivity contribution >= 4 is 12.0 Å². The maximum Gasteiger partial charge on any atom is 0.262 e. The summed E-state index contributed by atoms with van der Waals surface area (Å²) in [4.78, 5) is 12.4. The van der Waals surface area contributed by atoms with Crippen LogP contribution in [0.1, 0.15) is 42.6 Å². The van der Waals surface area contributed by atoms with Gasteiger partial charge in [-0.3, -0.25) is 4.79 Å². The highest BCUT2D eigenvalue weighted by Gasteiger charge is 2.20. The van der Waals surface area contributed by atoms with Gasteiger partial charge in [0.2, 0.25) is 0 Å². The maximum atomic E-state index is 13.6. The summed E-state index contributed by atoms with van der Waals surface area (Å²) >= 11 is 0. The summed E-state index contributed by atoms with van der Waals surface area (Å²) in [6.07, 6.45) is 5.79. The number of nitrogens with zero attached hydrogens (tertiary/aromatic N) is 2. The summed E-state index contributed by atoms with van der Waals surface area (Å²) < 4.78 is 15.5. The van der Waals surface area contributed by atoms with Gasteiger partial charge < -0.3 is 9.88 Å². The Morgan fingerprint density at radius 1 is 1.31 bits per heavy atom. The van der Waals surface area contributed by atoms with Crippen molar-refractivity contribution in [1.29, 1.82) is 5.26 Å². The highest BCUT2D eigenvalue weighted by Crippen LogP contribution is 2.24. The van der Waals surface area contributed by atoms with E-state index < -0.39 is 0 Å². The number of carbonyl (C=O) groups is 1. The molecule has 1 aromatic carbocycles. The lowest BCUT2D eigenvalue weighted by atomic mass is 10.1. The summed E-state index contributed by atoms with van der Waals surface area (Å²) in [6, 6.07) is 10.4. The van der Waals surface area contributed by atoms with Gasteiger partial charge in [-0.25, -0.2) is 4.39 Å². The van der Waals surface area contributed by atoms with Gasteiger partial charge in [0.15, 0.2) is 0 Å². The van der Waals surface area contributed by atoms with E-state index in [-0.39, 0.29) is 23.3 Å². The van der Waals surface area contributed by atoms with Crippen LogP contribution >= 0.6 is 0 Å². The Bertz CT molecular complexity index is 898. The van der Waals surface area contributed by atoms with Crippen molar-refractivity contribution in [2.24, 2.45) is 0 Å². The number of aromatic nitrogens is 1. The number of halogens is 1. The molecule has 0 saturated heterocycles. The van der Waals surface area contributed by atoms with Crippen molar-refractivity contribution in [1.82, 2.24) is 9.88 Å². The van der Waals surface area contributed by atoms with Gasteiger partial charge in [0, 0.05) is 23.1 Å². The minimum atomic E-state index is -0.324. The van der Waals surface area contributed by atoms with E-state index in [9.17, 15) is 14.4 Å². The van der Waals surface area contributed by atoms with Crippen LogP contribution in [0.3, 0.4) is 0 Å². The molecule has 4 nitrogen and oxygen atoms in total. The van der Waals surface area contributed by atoms with Gasteiger partial charge >= 0.3 is 0 Å². The molecule has 0 radical (unpaired) electrons. The van der Waals surface area contributed by atoms with E-state index in [1.165, 1.54) is 12.1 Å². The topological polar surface area (TPSA) is 57.8 Å². The molecule has 134 valence electrons. The van der Waals surface area contributed by atoms with Crippen LogP contribution in [0.2, 0.25) is 0 Å². The molecule has 1 amide bonds. The van der Waals surface area contributed by atoms with E-state index in [1.54, 1.807) is 12.1 Å². The first-order valence-electron chi connectivity index (χ1n) is 8.87. The van der Waals surface area contributed by atoms with Crippen LogP contribution in [-0.4, -0.2) is 16.5 Å². The molecule has 0 bridgehead atoms. The Hall–Kier alpha value is -2.87. The fraction of sp³-hybridized carbons (Fsp3) is 0.333. The van der Waals surface area contributed by atoms with Crippen molar-refractivity contribution < 1.29 is 9.18 Å². The first-order chi connectivity index (χ1) is 12.5. The molecule has 0 unspecified atom stereocenters. The van der Waals surface area contributed by atoms with Crippen molar-refractivity contribution in [3.63, 3.8) is 0 Å². The largest absolute Gasteiger partial charge is 0.349 e. The molecule has 3 rings (SSSR count). The zero-order chi connectivity index (χ0) is 18.7. The average Bonchev–Trinajstić information content (AvgIpc) is 3.20. The van der Waals surface area contributed by atoms with Crippen LogP contribution in [0.15, 0.2) is 35.9 Å². The first-order valence-corrected chi connectivity index (χ1v) is 8.87. The van der Waals surface area contributed by atoms with E-state index >= 15 is 0 Å². The van der Waals surface area contributed by atoms with E-state index in [4.69, 9.17) is 0 Å². The maximum absolute atomic E-state index is 13.6. The number of aryl methyl sites for hydroxylation is 1. The molecule has 0 atom stereocenters. The molecule has 1 aliphatic rings. The molecule has 1 aliphatic carbocycles. The number of carbonyl (C=O) groups excluding carboxylic acids is 1. The Kier molecular flexibility index (Phi) is 5.22. The number of hydrogen-bond acceptors (Lipinski definition) is 2. The zero-order valence-electron chi connectivity index (χ0n) is 15.1. The van der Waals surface area contributed by atoms with Crippen molar-refractivity contribution in [2.45, 2.75) is 45.6 Å². The number of nitriles is 1. The van der Waals surface area contributed by atoms with Crippen molar-refractivity contribution in [2.75, 3.05) is 0 Å². The van der Waals surface area contributed by atoms with Crippen LogP contribution in [0, 0.1) is 31.0 Å². The molecule has 5 heteroatoms. The minimum absolute atomic E-state index is 0.0939. The second-order valence-corrected chi connectivity index (χ2v) is 6.77. The molecule has 1 aromatic heterocycles. The number of benzene rings is 1. The normalized spacial score (nSPS) is 15.1. The van der Waals surface area contributed by atoms with Crippen LogP contribution < -0.4 is 5.32 Å². The first kappa shape index (κ1) is 17.9. The molecule has 1 saturated carbocycles. The molecule has 1 heterocycles. The summed E-state index contributed by atoms with van der Waals surface area (Å²) in [5.41, 5.74) is 3.36. The smallest absolute Gasteiger partial charge is 0.262 e. The molecular formula is C21H22FN3O. The van der Waals surface area contributed by atoms with Gasteiger partial charge in [-0.2, -0.15) is 5.26 Å². The molecule has 0 aliphatic heterocycles. The molecular weight excluding hydrogens is 329 g/mol. The Balaban J connectivity index is 1.91. The van der Waals surface area contributed by atoms with Crippen LogP contribution in [0.4, 0.5) is 4.39 Å². The lowest BCUT2D eigenvalue weighted by molar-refractivity contribution is -0.117. The van der Waals surface area contributed by atoms with Gasteiger partial charge in [-0.15, -0.1) is 0 Å². The van der Waals surface area contributed by atoms with Gasteiger partial charge in [0.25, 0.3) is 5.91 Å². The Morgan fingerprint density at radius 3 is 2.69 bits per heavy atom. The molecule has 2 aromatic rings. The Morgan fingerprint density at radius 2 is 2.04 bits per heavy atom. The number of nitrogens with one attached hydrogen (secondary N) is 1. The van der Waals surface area contributed by atoms with Crippen LogP contribution in [0.5, 0.6) is 0 Å². The fourth-order valence-corrected chi connectivity index (χ4v) is 3.58. The standard InChI is InChI=1S/C21H22FN3O/c1-14-10-16(15(2)25(14)20-9-5-6-18(22)12-20)11-17(13-23)21(26)24-19-7-3-4-8-19/h5-6,9-12,19H,3-4,7-8H2,1-2H3,(H,24,26). The predicted octanol–water partition coefficient (Wildman–Crippen LogP) is 4.20. The predicted molar refractivity (Wildman–Crippen MR) is 99.2 cm³/mol. The van der Waals surface area contributed by atoms with E-state index in [1.807, 2.05) is 36.6 Å². The Labute approximate surface area is 152 Å². The number of rotatable bonds is 4. The molecule has 26 heavy (non-hydrogen) atoms. The summed E-state index contributed by atoms with van der Waals surface area (Å²) in [5.74, 6) is -0.629. The third-order valence-corrected chi connectivity index (χ3v) is 4.89. The zero-order valence-corrected chi connectivity index (χ0v) is 15.1. The van der Waals surface area contributed by atoms with Gasteiger partial charge in [0.05, 0.1) is 0 Å². The van der Waals surface area contributed by atoms with Crippen molar-refractivity contribution in [3.05, 3.63) is 58.7 Å². The summed E-state index contributed by atoms with van der Waals surface area (Å²) in [5, 5.41) is 12.4. The van der Waals surface area contributed by atoms with Crippen LogP contribution in [0.25, 0.3) is 11.8 Å². The second-order valence-electron chi connectivity index (χ2n) is 6.77. The van der Waals surface area contributed by atoms with E-state index in [0.29, 0.717) is 5.69 Å². The quantitative estimate of drug-likeness (QED) is 0.663. The lowest BCUT2D eigenvalue weighted by Crippen LogP contribution is -2.33. The molecule has 0 spiro atoms. The second kappa shape index (κ2) is 7.57. The number of hydrogen-bond donors (Lipinski definition) is 1. The summed E-state index contributed by atoms with van der Waals surface area (Å²) in [6.45, 7) is 3.81. The summed E-state index contributed by atoms with van der Waals surface area (Å²) in [7, 11) is 0. The lowest BCUT2D eigenvalue weighted by Gasteiger charge is -2.11. The van der Waals surface area contributed by atoms with E-state index in [2.05, 4.69) is 5.32 Å². The third-order valence-electron chi connectivity index (χ3n) is 4.89. The average molecular weight is 351 g/mol. The fourth-order valence-electron chi connectivity index (χ4n) is 3.58.